The van der Waals surface area contributed by atoms with Crippen molar-refractivity contribution in [2.24, 2.45) is 0 Å². The largest absolute Gasteiger partial charge is 0.394 e. The number of carbonyl (C=O) groups excluding carboxylic acids is 1. The predicted molar refractivity (Wildman–Crippen MR) is 57.1 cm³/mol. The molecule has 1 atom stereocenters. The monoisotopic (exact) mass is 202 g/mol. The van der Waals surface area contributed by atoms with Gasteiger partial charge in [0.05, 0.1) is 19.2 Å². The molecule has 84 valence electrons. The smallest absolute Gasteiger partial charge is 0.234 e. The van der Waals surface area contributed by atoms with Gasteiger partial charge >= 0.3 is 0 Å². The molecule has 4 heteroatoms. The highest BCUT2D eigenvalue weighted by atomic mass is 16.3. The van der Waals surface area contributed by atoms with E-state index in [1.54, 1.807) is 0 Å². The van der Waals surface area contributed by atoms with Crippen LogP contribution in [0.4, 0.5) is 0 Å². The molecule has 1 amide bonds. The lowest BCUT2D eigenvalue weighted by Crippen LogP contribution is -2.46. The highest BCUT2D eigenvalue weighted by Crippen LogP contribution is 1.97. The second kappa shape index (κ2) is 5.98. The molecule has 0 saturated carbocycles. The summed E-state index contributed by atoms with van der Waals surface area (Å²) in [4.78, 5) is 11.3. The molecule has 0 saturated heterocycles. The molecule has 0 aromatic carbocycles. The molecule has 0 aromatic rings. The fourth-order valence-corrected chi connectivity index (χ4v) is 0.901. The van der Waals surface area contributed by atoms with Crippen LogP contribution in [0, 0.1) is 0 Å². The molecule has 14 heavy (non-hydrogen) atoms. The summed E-state index contributed by atoms with van der Waals surface area (Å²) >= 11 is 0. The highest BCUT2D eigenvalue weighted by molar-refractivity contribution is 5.78. The van der Waals surface area contributed by atoms with Crippen molar-refractivity contribution in [3.8, 4) is 0 Å². The van der Waals surface area contributed by atoms with Crippen LogP contribution in [0.25, 0.3) is 0 Å². The van der Waals surface area contributed by atoms with Crippen LogP contribution in [-0.2, 0) is 4.79 Å². The van der Waals surface area contributed by atoms with E-state index in [1.165, 1.54) is 0 Å². The van der Waals surface area contributed by atoms with Crippen molar-refractivity contribution < 1.29 is 9.90 Å². The van der Waals surface area contributed by atoms with Gasteiger partial charge in [0.1, 0.15) is 0 Å². The number of amides is 1. The van der Waals surface area contributed by atoms with Gasteiger partial charge in [-0.1, -0.05) is 6.92 Å². The van der Waals surface area contributed by atoms with Crippen LogP contribution in [0.15, 0.2) is 0 Å². The number of hydrogen-bond acceptors (Lipinski definition) is 3. The quantitative estimate of drug-likeness (QED) is 0.599. The van der Waals surface area contributed by atoms with E-state index in [0.29, 0.717) is 6.54 Å². The van der Waals surface area contributed by atoms with E-state index in [2.05, 4.69) is 10.6 Å². The molecule has 0 aromatic heterocycles. The van der Waals surface area contributed by atoms with E-state index in [9.17, 15) is 4.79 Å². The van der Waals surface area contributed by atoms with E-state index >= 15 is 0 Å². The van der Waals surface area contributed by atoms with Crippen molar-refractivity contribution in [1.82, 2.24) is 10.6 Å². The van der Waals surface area contributed by atoms with Crippen molar-refractivity contribution in [2.75, 3.05) is 13.2 Å². The molecule has 0 bridgehead atoms. The average Bonchev–Trinajstić information content (AvgIpc) is 2.09. The van der Waals surface area contributed by atoms with Crippen molar-refractivity contribution in [1.29, 1.82) is 0 Å². The highest BCUT2D eigenvalue weighted by Gasteiger charge is 2.13. The summed E-state index contributed by atoms with van der Waals surface area (Å²) in [6.07, 6.45) is 0.748. The Morgan fingerprint density at radius 2 is 2.00 bits per heavy atom. The summed E-state index contributed by atoms with van der Waals surface area (Å²) in [5.41, 5.74) is -0.0573. The maximum absolute atomic E-state index is 11.3. The molecular formula is C10H22N2O2. The van der Waals surface area contributed by atoms with Crippen LogP contribution >= 0.6 is 0 Å². The third-order valence-corrected chi connectivity index (χ3v) is 1.86. The van der Waals surface area contributed by atoms with Gasteiger partial charge in [0.25, 0.3) is 0 Å². The Morgan fingerprint density at radius 1 is 1.43 bits per heavy atom. The first kappa shape index (κ1) is 13.4. The van der Waals surface area contributed by atoms with Gasteiger partial charge in [-0.15, -0.1) is 0 Å². The van der Waals surface area contributed by atoms with Gasteiger partial charge < -0.3 is 15.7 Å². The summed E-state index contributed by atoms with van der Waals surface area (Å²) in [7, 11) is 0. The number of hydrogen-bond donors (Lipinski definition) is 3. The molecule has 0 heterocycles. The molecular weight excluding hydrogens is 180 g/mol. The lowest BCUT2D eigenvalue weighted by molar-refractivity contribution is -0.121. The second-order valence-corrected chi connectivity index (χ2v) is 4.46. The number of aliphatic hydroxyl groups is 1. The molecule has 3 N–H and O–H groups in total. The number of nitrogens with one attached hydrogen (secondary N) is 2. The summed E-state index contributed by atoms with van der Waals surface area (Å²) in [5, 5.41) is 14.7. The van der Waals surface area contributed by atoms with Crippen LogP contribution in [0.2, 0.25) is 0 Å². The molecule has 4 nitrogen and oxygen atoms in total. The topological polar surface area (TPSA) is 61.4 Å². The van der Waals surface area contributed by atoms with E-state index < -0.39 is 0 Å². The molecule has 0 aliphatic carbocycles. The van der Waals surface area contributed by atoms with E-state index in [4.69, 9.17) is 5.11 Å². The summed E-state index contributed by atoms with van der Waals surface area (Å²) < 4.78 is 0. The number of rotatable bonds is 5. The standard InChI is InChI=1S/C10H22N2O2/c1-5-8(7-13)12-9(14)6-11-10(2,3)4/h8,11,13H,5-7H2,1-4H3,(H,12,14)/t8-/m1/s1. The van der Waals surface area contributed by atoms with E-state index in [0.717, 1.165) is 6.42 Å². The fourth-order valence-electron chi connectivity index (χ4n) is 0.901. The first-order valence-corrected chi connectivity index (χ1v) is 5.04. The maximum atomic E-state index is 11.3. The Labute approximate surface area is 86.1 Å². The van der Waals surface area contributed by atoms with Crippen LogP contribution in [0.3, 0.4) is 0 Å². The van der Waals surface area contributed by atoms with Crippen molar-refractivity contribution in [3.05, 3.63) is 0 Å². The normalized spacial score (nSPS) is 13.8. The predicted octanol–water partition coefficient (Wildman–Crippen LogP) is 0.262. The lowest BCUT2D eigenvalue weighted by atomic mass is 10.1. The van der Waals surface area contributed by atoms with Crippen LogP contribution in [-0.4, -0.2) is 35.7 Å². The van der Waals surface area contributed by atoms with Gasteiger partial charge in [-0.05, 0) is 27.2 Å². The third kappa shape index (κ3) is 6.86. The Kier molecular flexibility index (Phi) is 5.72. The van der Waals surface area contributed by atoms with Crippen LogP contribution < -0.4 is 10.6 Å². The Hall–Kier alpha value is -0.610. The van der Waals surface area contributed by atoms with E-state index in [-0.39, 0.29) is 24.1 Å². The summed E-state index contributed by atoms with van der Waals surface area (Å²) in [5.74, 6) is -0.0687. The average molecular weight is 202 g/mol. The Bertz CT molecular complexity index is 171. The third-order valence-electron chi connectivity index (χ3n) is 1.86. The van der Waals surface area contributed by atoms with Gasteiger partial charge in [-0.25, -0.2) is 0 Å². The molecule has 0 fully saturated rings. The molecule has 0 rings (SSSR count). The maximum Gasteiger partial charge on any atom is 0.234 e. The minimum atomic E-state index is -0.121. The van der Waals surface area contributed by atoms with Gasteiger partial charge in [0.2, 0.25) is 5.91 Å². The SMILES string of the molecule is CC[C@H](CO)NC(=O)CNC(C)(C)C. The van der Waals surface area contributed by atoms with Gasteiger partial charge in [-0.3, -0.25) is 4.79 Å². The van der Waals surface area contributed by atoms with Gasteiger partial charge in [-0.2, -0.15) is 0 Å². The molecule has 0 unspecified atom stereocenters. The molecule has 0 aliphatic rings. The van der Waals surface area contributed by atoms with Crippen molar-refractivity contribution >= 4 is 5.91 Å². The zero-order valence-electron chi connectivity index (χ0n) is 9.55. The minimum absolute atomic E-state index is 0.00222. The zero-order valence-corrected chi connectivity index (χ0v) is 9.55. The summed E-state index contributed by atoms with van der Waals surface area (Å²) in [6, 6.07) is -0.121. The van der Waals surface area contributed by atoms with Crippen LogP contribution in [0.5, 0.6) is 0 Å². The minimum Gasteiger partial charge on any atom is -0.394 e. The van der Waals surface area contributed by atoms with Crippen molar-refractivity contribution in [3.63, 3.8) is 0 Å². The number of carbonyl (C=O) groups is 1. The van der Waals surface area contributed by atoms with Gasteiger partial charge in [0.15, 0.2) is 0 Å². The molecule has 0 spiro atoms. The zero-order chi connectivity index (χ0) is 11.2. The second-order valence-electron chi connectivity index (χ2n) is 4.46. The molecule has 0 radical (unpaired) electrons. The van der Waals surface area contributed by atoms with Gasteiger partial charge in [0, 0.05) is 5.54 Å². The Morgan fingerprint density at radius 3 is 2.36 bits per heavy atom. The first-order valence-electron chi connectivity index (χ1n) is 5.04. The summed E-state index contributed by atoms with van der Waals surface area (Å²) in [6.45, 7) is 8.23. The Balaban J connectivity index is 3.75. The van der Waals surface area contributed by atoms with Crippen LogP contribution in [0.1, 0.15) is 34.1 Å². The molecule has 0 aliphatic heterocycles. The van der Waals surface area contributed by atoms with E-state index in [1.807, 2.05) is 27.7 Å². The lowest BCUT2D eigenvalue weighted by Gasteiger charge is -2.21. The first-order chi connectivity index (χ1) is 6.39. The fraction of sp³-hybridized carbons (Fsp3) is 0.900. The number of aliphatic hydroxyl groups excluding tert-OH is 1. The van der Waals surface area contributed by atoms with Crippen molar-refractivity contribution in [2.45, 2.75) is 45.7 Å².